The van der Waals surface area contributed by atoms with E-state index in [2.05, 4.69) is 12.1 Å². The summed E-state index contributed by atoms with van der Waals surface area (Å²) in [4.78, 5) is 0. The van der Waals surface area contributed by atoms with Crippen LogP contribution in [-0.2, 0) is 0 Å². The van der Waals surface area contributed by atoms with Gasteiger partial charge in [0.05, 0.1) is 23.3 Å². The summed E-state index contributed by atoms with van der Waals surface area (Å²) in [5, 5.41) is 18.0. The van der Waals surface area contributed by atoms with E-state index in [4.69, 9.17) is 10.5 Å². The summed E-state index contributed by atoms with van der Waals surface area (Å²) in [6.07, 6.45) is 11.3. The molecule has 0 spiro atoms. The molecule has 0 saturated heterocycles. The zero-order valence-corrected chi connectivity index (χ0v) is 12.0. The van der Waals surface area contributed by atoms with Gasteiger partial charge < -0.3 is 0 Å². The molecule has 22 heavy (non-hydrogen) atoms. The maximum Gasteiger partial charge on any atom is 0.0997 e. The fraction of sp³-hybridized carbons (Fsp3) is 0. The Bertz CT molecular complexity index is 743. The molecule has 2 rings (SSSR count). The van der Waals surface area contributed by atoms with Crippen LogP contribution in [0.25, 0.3) is 12.2 Å². The van der Waals surface area contributed by atoms with Crippen molar-refractivity contribution in [1.82, 2.24) is 0 Å². The molecule has 2 nitrogen and oxygen atoms in total. The van der Waals surface area contributed by atoms with Crippen molar-refractivity contribution in [1.29, 1.82) is 10.5 Å². The molecule has 0 amide bonds. The minimum Gasteiger partial charge on any atom is -0.192 e. The van der Waals surface area contributed by atoms with Crippen LogP contribution in [-0.4, -0.2) is 0 Å². The van der Waals surface area contributed by atoms with Crippen LogP contribution in [0.2, 0.25) is 0 Å². The zero-order chi connectivity index (χ0) is 15.6. The summed E-state index contributed by atoms with van der Waals surface area (Å²) in [5.74, 6) is 0. The second kappa shape index (κ2) is 8.04. The monoisotopic (exact) mass is 282 g/mol. The molecule has 0 aliphatic heterocycles. The molecule has 0 unspecified atom stereocenters. The summed E-state index contributed by atoms with van der Waals surface area (Å²) in [6.45, 7) is 0. The Kier molecular flexibility index (Phi) is 5.50. The average molecular weight is 282 g/mol. The van der Waals surface area contributed by atoms with Crippen molar-refractivity contribution in [3.63, 3.8) is 0 Å². The Morgan fingerprint density at radius 3 is 1.41 bits per heavy atom. The van der Waals surface area contributed by atoms with E-state index < -0.39 is 0 Å². The SMILES string of the molecule is N#Cc1ccccc1/C=C/C=C/C=C/c1ccccc1C#N. The van der Waals surface area contributed by atoms with Gasteiger partial charge in [0.1, 0.15) is 0 Å². The lowest BCUT2D eigenvalue weighted by atomic mass is 10.1. The Labute approximate surface area is 130 Å². The first kappa shape index (κ1) is 15.0. The molecule has 0 atom stereocenters. The predicted octanol–water partition coefficient (Wildman–Crippen LogP) is 4.71. The Hall–Kier alpha value is -3.36. The Morgan fingerprint density at radius 2 is 1.00 bits per heavy atom. The van der Waals surface area contributed by atoms with Gasteiger partial charge in [-0.2, -0.15) is 10.5 Å². The molecule has 0 bridgehead atoms. The lowest BCUT2D eigenvalue weighted by molar-refractivity contribution is 1.47. The molecular weight excluding hydrogens is 268 g/mol. The third-order valence-electron chi connectivity index (χ3n) is 3.05. The van der Waals surface area contributed by atoms with Gasteiger partial charge in [0.25, 0.3) is 0 Å². The number of rotatable bonds is 4. The van der Waals surface area contributed by atoms with Crippen LogP contribution in [0, 0.1) is 22.7 Å². The maximum atomic E-state index is 9.00. The highest BCUT2D eigenvalue weighted by atomic mass is 14.2. The number of benzene rings is 2. The number of nitrogens with zero attached hydrogens (tertiary/aromatic N) is 2. The molecule has 0 aliphatic rings. The summed E-state index contributed by atoms with van der Waals surface area (Å²) in [6, 6.07) is 19.2. The number of nitriles is 2. The van der Waals surface area contributed by atoms with Crippen molar-refractivity contribution >= 4 is 12.2 Å². The average Bonchev–Trinajstić information content (AvgIpc) is 2.58. The van der Waals surface area contributed by atoms with Crippen molar-refractivity contribution in [2.75, 3.05) is 0 Å². The van der Waals surface area contributed by atoms with E-state index >= 15 is 0 Å². The summed E-state index contributed by atoms with van der Waals surface area (Å²) >= 11 is 0. The van der Waals surface area contributed by atoms with E-state index in [0.717, 1.165) is 11.1 Å². The fourth-order valence-electron chi connectivity index (χ4n) is 1.94. The number of hydrogen-bond donors (Lipinski definition) is 0. The molecular formula is C20H14N2. The molecule has 2 heteroatoms. The second-order valence-corrected chi connectivity index (χ2v) is 4.50. The van der Waals surface area contributed by atoms with Crippen LogP contribution >= 0.6 is 0 Å². The molecule has 0 fully saturated rings. The highest BCUT2D eigenvalue weighted by Crippen LogP contribution is 2.10. The number of allylic oxidation sites excluding steroid dienone is 4. The second-order valence-electron chi connectivity index (χ2n) is 4.50. The molecule has 2 aromatic carbocycles. The topological polar surface area (TPSA) is 47.6 Å². The van der Waals surface area contributed by atoms with E-state index in [1.54, 1.807) is 12.1 Å². The lowest BCUT2D eigenvalue weighted by Gasteiger charge is -1.95. The van der Waals surface area contributed by atoms with Gasteiger partial charge in [0, 0.05) is 0 Å². The Morgan fingerprint density at radius 1 is 0.591 bits per heavy atom. The standard InChI is InChI=1S/C20H14N2/c21-15-19-13-7-5-11-17(19)9-3-1-2-4-10-18-12-6-8-14-20(18)16-22/h1-14H/b2-1+,9-3+,10-4+. The minimum atomic E-state index is 0.658. The molecule has 0 heterocycles. The highest BCUT2D eigenvalue weighted by Gasteiger charge is 1.95. The van der Waals surface area contributed by atoms with Crippen LogP contribution in [0.15, 0.2) is 72.8 Å². The number of hydrogen-bond acceptors (Lipinski definition) is 2. The van der Waals surface area contributed by atoms with Crippen LogP contribution in [0.1, 0.15) is 22.3 Å². The van der Waals surface area contributed by atoms with Crippen molar-refractivity contribution in [2.24, 2.45) is 0 Å². The normalized spacial score (nSPS) is 11.0. The van der Waals surface area contributed by atoms with Gasteiger partial charge in [-0.3, -0.25) is 0 Å². The van der Waals surface area contributed by atoms with Crippen LogP contribution < -0.4 is 0 Å². The van der Waals surface area contributed by atoms with Crippen LogP contribution in [0.4, 0.5) is 0 Å². The van der Waals surface area contributed by atoms with Gasteiger partial charge in [0.15, 0.2) is 0 Å². The lowest BCUT2D eigenvalue weighted by Crippen LogP contribution is -1.79. The van der Waals surface area contributed by atoms with E-state index in [9.17, 15) is 0 Å². The van der Waals surface area contributed by atoms with Crippen molar-refractivity contribution < 1.29 is 0 Å². The Balaban J connectivity index is 2.02. The van der Waals surface area contributed by atoms with Gasteiger partial charge in [-0.25, -0.2) is 0 Å². The zero-order valence-electron chi connectivity index (χ0n) is 12.0. The summed E-state index contributed by atoms with van der Waals surface area (Å²) < 4.78 is 0. The largest absolute Gasteiger partial charge is 0.192 e. The van der Waals surface area contributed by atoms with Gasteiger partial charge in [0.2, 0.25) is 0 Å². The van der Waals surface area contributed by atoms with Gasteiger partial charge in [-0.1, -0.05) is 72.9 Å². The molecule has 104 valence electrons. The van der Waals surface area contributed by atoms with Gasteiger partial charge >= 0.3 is 0 Å². The first-order valence-electron chi connectivity index (χ1n) is 6.85. The van der Waals surface area contributed by atoms with Gasteiger partial charge in [-0.15, -0.1) is 0 Å². The van der Waals surface area contributed by atoms with Crippen LogP contribution in [0.5, 0.6) is 0 Å². The first-order valence-corrected chi connectivity index (χ1v) is 6.85. The third kappa shape index (κ3) is 4.07. The quantitative estimate of drug-likeness (QED) is 0.762. The first-order chi connectivity index (χ1) is 10.8. The minimum absolute atomic E-state index is 0.658. The van der Waals surface area contributed by atoms with E-state index in [1.165, 1.54) is 0 Å². The molecule has 0 radical (unpaired) electrons. The molecule has 0 saturated carbocycles. The molecule has 0 aliphatic carbocycles. The molecule has 2 aromatic rings. The molecule has 0 N–H and O–H groups in total. The fourth-order valence-corrected chi connectivity index (χ4v) is 1.94. The van der Waals surface area contributed by atoms with Gasteiger partial charge in [-0.05, 0) is 23.3 Å². The van der Waals surface area contributed by atoms with E-state index in [0.29, 0.717) is 11.1 Å². The van der Waals surface area contributed by atoms with Crippen LogP contribution in [0.3, 0.4) is 0 Å². The third-order valence-corrected chi connectivity index (χ3v) is 3.05. The summed E-state index contributed by atoms with van der Waals surface area (Å²) in [7, 11) is 0. The molecule has 0 aromatic heterocycles. The predicted molar refractivity (Wildman–Crippen MR) is 89.5 cm³/mol. The van der Waals surface area contributed by atoms with E-state index in [-0.39, 0.29) is 0 Å². The van der Waals surface area contributed by atoms with Crippen molar-refractivity contribution in [3.8, 4) is 12.1 Å². The van der Waals surface area contributed by atoms with E-state index in [1.807, 2.05) is 72.9 Å². The van der Waals surface area contributed by atoms with Crippen molar-refractivity contribution in [3.05, 3.63) is 95.1 Å². The van der Waals surface area contributed by atoms with Crippen molar-refractivity contribution in [2.45, 2.75) is 0 Å². The highest BCUT2D eigenvalue weighted by molar-refractivity contribution is 5.60. The maximum absolute atomic E-state index is 9.00. The summed E-state index contributed by atoms with van der Waals surface area (Å²) in [5.41, 5.74) is 3.11. The smallest absolute Gasteiger partial charge is 0.0997 e.